The molecule has 136 valence electrons. The van der Waals surface area contributed by atoms with E-state index in [0.717, 1.165) is 23.3 Å². The summed E-state index contributed by atoms with van der Waals surface area (Å²) in [6.07, 6.45) is -5.39. The van der Waals surface area contributed by atoms with Gasteiger partial charge in [0.15, 0.2) is 6.10 Å². The molecule has 0 fully saturated rings. The molecule has 0 saturated heterocycles. The molecule has 1 atom stereocenters. The Hall–Kier alpha value is -1.96. The molecule has 1 rings (SSSR count). The number of aliphatic hydroxyl groups is 1. The fourth-order valence-corrected chi connectivity index (χ4v) is 1.86. The maximum atomic E-state index is 12.3. The van der Waals surface area contributed by atoms with Gasteiger partial charge >= 0.3 is 12.2 Å². The number of halogens is 3. The van der Waals surface area contributed by atoms with Crippen LogP contribution in [0.4, 0.5) is 23.7 Å². The number of urea groups is 1. The molecule has 1 aromatic carbocycles. The number of anilines is 1. The molecule has 0 heterocycles. The van der Waals surface area contributed by atoms with E-state index < -0.39 is 24.9 Å². The number of hydrogen-bond donors (Lipinski definition) is 2. The van der Waals surface area contributed by atoms with Gasteiger partial charge in [-0.05, 0) is 37.1 Å². The van der Waals surface area contributed by atoms with E-state index in [1.807, 2.05) is 0 Å². The van der Waals surface area contributed by atoms with Crippen LogP contribution in [0.2, 0.25) is 0 Å². The maximum absolute atomic E-state index is 12.3. The van der Waals surface area contributed by atoms with Crippen molar-refractivity contribution in [1.29, 1.82) is 0 Å². The van der Waals surface area contributed by atoms with Gasteiger partial charge in [0.05, 0.1) is 13.2 Å². The molecule has 8 heteroatoms. The zero-order chi connectivity index (χ0) is 18.3. The first-order chi connectivity index (χ1) is 11.1. The number of rotatable bonds is 7. The Balaban J connectivity index is 2.63. The fraction of sp³-hybridized carbons (Fsp3) is 0.562. The second-order valence-electron chi connectivity index (χ2n) is 5.55. The first-order valence-corrected chi connectivity index (χ1v) is 7.65. The molecule has 0 bridgehead atoms. The number of aliphatic hydroxyl groups excluding tert-OH is 1. The van der Waals surface area contributed by atoms with Gasteiger partial charge in [-0.25, -0.2) is 4.79 Å². The summed E-state index contributed by atoms with van der Waals surface area (Å²) in [7, 11) is 1.18. The third kappa shape index (κ3) is 6.27. The summed E-state index contributed by atoms with van der Waals surface area (Å²) < 4.78 is 42.5. The Kier molecular flexibility index (Phi) is 7.34. The number of unbranched alkanes of at least 4 members (excludes halogenated alkanes) is 1. The number of amides is 2. The minimum Gasteiger partial charge on any atom is -0.494 e. The maximum Gasteiger partial charge on any atom is 0.416 e. The number of nitrogens with zero attached hydrogens (tertiary/aromatic N) is 1. The Morgan fingerprint density at radius 3 is 2.62 bits per heavy atom. The first kappa shape index (κ1) is 20.1. The molecular weight excluding hydrogens is 325 g/mol. The highest BCUT2D eigenvalue weighted by Gasteiger charge is 2.39. The van der Waals surface area contributed by atoms with Crippen molar-refractivity contribution in [2.45, 2.75) is 39.0 Å². The number of alkyl halides is 3. The highest BCUT2D eigenvalue weighted by Crippen LogP contribution is 2.23. The zero-order valence-electron chi connectivity index (χ0n) is 14.0. The second kappa shape index (κ2) is 8.77. The second-order valence-corrected chi connectivity index (χ2v) is 5.55. The van der Waals surface area contributed by atoms with E-state index in [0.29, 0.717) is 18.0 Å². The number of aryl methyl sites for hydroxylation is 1. The van der Waals surface area contributed by atoms with Crippen molar-refractivity contribution in [2.75, 3.05) is 25.5 Å². The lowest BCUT2D eigenvalue weighted by Crippen LogP contribution is -2.43. The van der Waals surface area contributed by atoms with Crippen molar-refractivity contribution < 1.29 is 27.8 Å². The average Bonchev–Trinajstić information content (AvgIpc) is 2.49. The molecule has 0 saturated carbocycles. The third-order valence-electron chi connectivity index (χ3n) is 3.38. The monoisotopic (exact) mass is 348 g/mol. The Morgan fingerprint density at radius 1 is 1.42 bits per heavy atom. The van der Waals surface area contributed by atoms with Crippen LogP contribution in [0.3, 0.4) is 0 Å². The summed E-state index contributed by atoms with van der Waals surface area (Å²) in [4.78, 5) is 12.7. The molecule has 1 unspecified atom stereocenters. The summed E-state index contributed by atoms with van der Waals surface area (Å²) in [5, 5.41) is 11.5. The molecule has 5 nitrogen and oxygen atoms in total. The molecule has 0 aliphatic rings. The molecule has 0 aliphatic carbocycles. The molecule has 2 N–H and O–H groups in total. The van der Waals surface area contributed by atoms with Crippen LogP contribution in [0.1, 0.15) is 25.3 Å². The van der Waals surface area contributed by atoms with Crippen molar-refractivity contribution in [3.8, 4) is 5.75 Å². The molecule has 24 heavy (non-hydrogen) atoms. The predicted octanol–water partition coefficient (Wildman–Crippen LogP) is 3.56. The number of carbonyl (C=O) groups excluding carboxylic acids is 1. The summed E-state index contributed by atoms with van der Waals surface area (Å²) in [6.45, 7) is 3.57. The fourth-order valence-electron chi connectivity index (χ4n) is 1.86. The van der Waals surface area contributed by atoms with Crippen LogP contribution in [0.25, 0.3) is 0 Å². The Labute approximate surface area is 139 Å². The van der Waals surface area contributed by atoms with Crippen LogP contribution in [0, 0.1) is 6.92 Å². The average molecular weight is 348 g/mol. The highest BCUT2D eigenvalue weighted by atomic mass is 19.4. The number of nitrogens with one attached hydrogen (secondary N) is 1. The van der Waals surface area contributed by atoms with E-state index in [4.69, 9.17) is 9.84 Å². The highest BCUT2D eigenvalue weighted by molar-refractivity contribution is 5.90. The minimum atomic E-state index is -4.76. The van der Waals surface area contributed by atoms with E-state index in [9.17, 15) is 18.0 Å². The van der Waals surface area contributed by atoms with Crippen LogP contribution in [-0.4, -0.2) is 48.5 Å². The topological polar surface area (TPSA) is 61.8 Å². The molecule has 0 radical (unpaired) electrons. The lowest BCUT2D eigenvalue weighted by molar-refractivity contribution is -0.205. The number of ether oxygens (including phenoxy) is 1. The smallest absolute Gasteiger partial charge is 0.416 e. The minimum absolute atomic E-state index is 0.469. The van der Waals surface area contributed by atoms with E-state index >= 15 is 0 Å². The lowest BCUT2D eigenvalue weighted by Gasteiger charge is -2.23. The standard InChI is InChI=1S/C16H23F3N2O3/c1-4-5-8-24-12-6-7-13(11(2)9-12)20-15(23)21(3)10-14(22)16(17,18)19/h6-7,9,14,22H,4-5,8,10H2,1-3H3,(H,20,23). The molecule has 1 aromatic rings. The first-order valence-electron chi connectivity index (χ1n) is 7.65. The lowest BCUT2D eigenvalue weighted by atomic mass is 10.2. The van der Waals surface area contributed by atoms with Crippen molar-refractivity contribution in [2.24, 2.45) is 0 Å². The van der Waals surface area contributed by atoms with E-state index in [-0.39, 0.29) is 0 Å². The molecular formula is C16H23F3N2O3. The van der Waals surface area contributed by atoms with Crippen molar-refractivity contribution in [3.05, 3.63) is 23.8 Å². The van der Waals surface area contributed by atoms with Crippen molar-refractivity contribution in [3.63, 3.8) is 0 Å². The molecule has 0 aliphatic heterocycles. The normalized spacial score (nSPS) is 12.6. The third-order valence-corrected chi connectivity index (χ3v) is 3.38. The van der Waals surface area contributed by atoms with E-state index in [1.165, 1.54) is 7.05 Å². The molecule has 0 spiro atoms. The number of hydrogen-bond acceptors (Lipinski definition) is 3. The Morgan fingerprint density at radius 2 is 2.08 bits per heavy atom. The number of likely N-dealkylation sites (N-methyl/N-ethyl adjacent to an activating group) is 1. The van der Waals surface area contributed by atoms with Crippen molar-refractivity contribution in [1.82, 2.24) is 4.90 Å². The van der Waals surface area contributed by atoms with Crippen LogP contribution < -0.4 is 10.1 Å². The van der Waals surface area contributed by atoms with Crippen molar-refractivity contribution >= 4 is 11.7 Å². The quantitative estimate of drug-likeness (QED) is 0.741. The van der Waals surface area contributed by atoms with Crippen LogP contribution in [0.5, 0.6) is 5.75 Å². The predicted molar refractivity (Wildman–Crippen MR) is 85.3 cm³/mol. The zero-order valence-corrected chi connectivity index (χ0v) is 14.0. The van der Waals surface area contributed by atoms with Crippen LogP contribution in [0.15, 0.2) is 18.2 Å². The van der Waals surface area contributed by atoms with Gasteiger partial charge < -0.3 is 20.1 Å². The van der Waals surface area contributed by atoms with Gasteiger partial charge in [0.2, 0.25) is 0 Å². The number of benzene rings is 1. The van der Waals surface area contributed by atoms with Gasteiger partial charge in [-0.3, -0.25) is 0 Å². The van der Waals surface area contributed by atoms with Gasteiger partial charge in [0.25, 0.3) is 0 Å². The van der Waals surface area contributed by atoms with Gasteiger partial charge in [0, 0.05) is 12.7 Å². The van der Waals surface area contributed by atoms with Gasteiger partial charge in [-0.15, -0.1) is 0 Å². The van der Waals surface area contributed by atoms with Gasteiger partial charge in [-0.1, -0.05) is 13.3 Å². The van der Waals surface area contributed by atoms with E-state index in [1.54, 1.807) is 25.1 Å². The summed E-state index contributed by atoms with van der Waals surface area (Å²) in [5.74, 6) is 0.666. The summed E-state index contributed by atoms with van der Waals surface area (Å²) in [5.41, 5.74) is 1.19. The SMILES string of the molecule is CCCCOc1ccc(NC(=O)N(C)CC(O)C(F)(F)F)c(C)c1. The van der Waals surface area contributed by atoms with E-state index in [2.05, 4.69) is 12.2 Å². The number of carbonyl (C=O) groups is 1. The molecule has 2 amide bonds. The van der Waals surface area contributed by atoms with Crippen LogP contribution >= 0.6 is 0 Å². The van der Waals surface area contributed by atoms with Crippen LogP contribution in [-0.2, 0) is 0 Å². The largest absolute Gasteiger partial charge is 0.494 e. The van der Waals surface area contributed by atoms with Gasteiger partial charge in [-0.2, -0.15) is 13.2 Å². The van der Waals surface area contributed by atoms with Gasteiger partial charge in [0.1, 0.15) is 5.75 Å². The molecule has 0 aromatic heterocycles. The summed E-state index contributed by atoms with van der Waals surface area (Å²) >= 11 is 0. The summed E-state index contributed by atoms with van der Waals surface area (Å²) in [6, 6.07) is 4.32. The Bertz CT molecular complexity index is 550.